The Morgan fingerprint density at radius 1 is 1.26 bits per heavy atom. The molecule has 0 amide bonds. The van der Waals surface area contributed by atoms with Crippen LogP contribution in [0.15, 0.2) is 42.7 Å². The van der Waals surface area contributed by atoms with E-state index >= 15 is 0 Å². The predicted molar refractivity (Wildman–Crippen MR) is 92.3 cm³/mol. The molecule has 0 spiro atoms. The van der Waals surface area contributed by atoms with Gasteiger partial charge in [-0.2, -0.15) is 5.10 Å². The molecule has 0 bridgehead atoms. The predicted octanol–water partition coefficient (Wildman–Crippen LogP) is 3.65. The van der Waals surface area contributed by atoms with Crippen LogP contribution in [0.25, 0.3) is 10.9 Å². The number of hydrogen-bond donors (Lipinski definition) is 1. The van der Waals surface area contributed by atoms with Crippen LogP contribution in [0, 0.1) is 6.92 Å². The van der Waals surface area contributed by atoms with Crippen LogP contribution in [0.3, 0.4) is 0 Å². The Morgan fingerprint density at radius 3 is 3.04 bits per heavy atom. The minimum absolute atomic E-state index is 0.564. The van der Waals surface area contributed by atoms with Crippen LogP contribution in [0.5, 0.6) is 0 Å². The first kappa shape index (κ1) is 14.4. The number of aryl methyl sites for hydroxylation is 1. The topological polar surface area (TPSA) is 44.8 Å². The standard InChI is InChI=1S/C19H22N4/c1-14-11-21-22-18(14)16-8-4-10-23(12-16)13-17-6-2-5-15-7-3-9-20-19(15)17/h2-3,5-7,9,11,16H,4,8,10,12-13H2,1H3,(H,21,22)/t16-/m0/s1. The van der Waals surface area contributed by atoms with Gasteiger partial charge in [-0.15, -0.1) is 0 Å². The van der Waals surface area contributed by atoms with Gasteiger partial charge in [-0.05, 0) is 43.5 Å². The minimum Gasteiger partial charge on any atom is -0.298 e. The van der Waals surface area contributed by atoms with Crippen molar-refractivity contribution in [2.75, 3.05) is 13.1 Å². The Hall–Kier alpha value is -2.20. The molecule has 2 aromatic heterocycles. The summed E-state index contributed by atoms with van der Waals surface area (Å²) in [4.78, 5) is 7.14. The van der Waals surface area contributed by atoms with Crippen LogP contribution in [0.1, 0.15) is 35.6 Å². The number of aromatic amines is 1. The zero-order valence-electron chi connectivity index (χ0n) is 13.5. The fraction of sp³-hybridized carbons (Fsp3) is 0.368. The second kappa shape index (κ2) is 6.13. The van der Waals surface area contributed by atoms with E-state index in [0.717, 1.165) is 25.2 Å². The number of nitrogens with one attached hydrogen (secondary N) is 1. The van der Waals surface area contributed by atoms with E-state index in [2.05, 4.69) is 51.3 Å². The SMILES string of the molecule is Cc1cn[nH]c1[C@H]1CCCN(Cc2cccc3cccnc23)C1. The Morgan fingerprint density at radius 2 is 2.17 bits per heavy atom. The molecule has 4 nitrogen and oxygen atoms in total. The average molecular weight is 306 g/mol. The fourth-order valence-corrected chi connectivity index (χ4v) is 3.74. The van der Waals surface area contributed by atoms with Crippen molar-refractivity contribution in [1.82, 2.24) is 20.1 Å². The van der Waals surface area contributed by atoms with Crippen molar-refractivity contribution in [2.24, 2.45) is 0 Å². The normalized spacial score (nSPS) is 19.3. The number of hydrogen-bond acceptors (Lipinski definition) is 3. The molecule has 1 aliphatic heterocycles. The van der Waals surface area contributed by atoms with Crippen LogP contribution in [0.4, 0.5) is 0 Å². The minimum atomic E-state index is 0.564. The maximum Gasteiger partial charge on any atom is 0.0746 e. The molecule has 1 aromatic carbocycles. The molecular formula is C19H22N4. The van der Waals surface area contributed by atoms with E-state index in [1.165, 1.54) is 35.0 Å². The number of para-hydroxylation sites is 1. The quantitative estimate of drug-likeness (QED) is 0.803. The Labute approximate surface area is 136 Å². The lowest BCUT2D eigenvalue weighted by Crippen LogP contribution is -2.34. The number of aromatic nitrogens is 3. The zero-order valence-corrected chi connectivity index (χ0v) is 13.5. The zero-order chi connectivity index (χ0) is 15.6. The lowest BCUT2D eigenvalue weighted by atomic mass is 9.92. The number of benzene rings is 1. The van der Waals surface area contributed by atoms with E-state index < -0.39 is 0 Å². The molecule has 1 fully saturated rings. The van der Waals surface area contributed by atoms with Gasteiger partial charge in [-0.25, -0.2) is 0 Å². The summed E-state index contributed by atoms with van der Waals surface area (Å²) in [5.41, 5.74) is 5.05. The largest absolute Gasteiger partial charge is 0.298 e. The number of rotatable bonds is 3. The van der Waals surface area contributed by atoms with Crippen molar-refractivity contribution in [3.8, 4) is 0 Å². The molecule has 4 rings (SSSR count). The molecule has 118 valence electrons. The highest BCUT2D eigenvalue weighted by atomic mass is 15.2. The Bertz CT molecular complexity index is 802. The molecule has 0 radical (unpaired) electrons. The van der Waals surface area contributed by atoms with E-state index in [1.807, 2.05) is 18.5 Å². The molecule has 23 heavy (non-hydrogen) atoms. The second-order valence-corrected chi connectivity index (χ2v) is 6.53. The highest BCUT2D eigenvalue weighted by Crippen LogP contribution is 2.29. The molecule has 1 N–H and O–H groups in total. The third-order valence-electron chi connectivity index (χ3n) is 4.89. The maximum atomic E-state index is 4.59. The summed E-state index contributed by atoms with van der Waals surface area (Å²) in [5, 5.41) is 8.62. The number of pyridine rings is 1. The van der Waals surface area contributed by atoms with Gasteiger partial charge in [0.25, 0.3) is 0 Å². The number of likely N-dealkylation sites (tertiary alicyclic amines) is 1. The van der Waals surface area contributed by atoms with Gasteiger partial charge >= 0.3 is 0 Å². The number of nitrogens with zero attached hydrogens (tertiary/aromatic N) is 3. The summed E-state index contributed by atoms with van der Waals surface area (Å²) in [6, 6.07) is 10.6. The molecule has 0 unspecified atom stereocenters. The average Bonchev–Trinajstić information content (AvgIpc) is 3.02. The third-order valence-corrected chi connectivity index (χ3v) is 4.89. The van der Waals surface area contributed by atoms with Crippen molar-refractivity contribution in [2.45, 2.75) is 32.2 Å². The third kappa shape index (κ3) is 2.86. The van der Waals surface area contributed by atoms with Gasteiger partial charge < -0.3 is 0 Å². The highest BCUT2D eigenvalue weighted by Gasteiger charge is 2.24. The van der Waals surface area contributed by atoms with Gasteiger partial charge in [0.1, 0.15) is 0 Å². The smallest absolute Gasteiger partial charge is 0.0746 e. The highest BCUT2D eigenvalue weighted by molar-refractivity contribution is 5.81. The Kier molecular flexibility index (Phi) is 3.83. The summed E-state index contributed by atoms with van der Waals surface area (Å²) in [6.45, 7) is 5.36. The van der Waals surface area contributed by atoms with Gasteiger partial charge in [0.15, 0.2) is 0 Å². The second-order valence-electron chi connectivity index (χ2n) is 6.53. The van der Waals surface area contributed by atoms with Crippen molar-refractivity contribution < 1.29 is 0 Å². The van der Waals surface area contributed by atoms with E-state index in [0.29, 0.717) is 5.92 Å². The monoisotopic (exact) mass is 306 g/mol. The molecule has 3 heterocycles. The van der Waals surface area contributed by atoms with Crippen molar-refractivity contribution >= 4 is 10.9 Å². The summed E-state index contributed by atoms with van der Waals surface area (Å²) in [5.74, 6) is 0.564. The molecule has 1 saturated heterocycles. The van der Waals surface area contributed by atoms with Crippen molar-refractivity contribution in [3.63, 3.8) is 0 Å². The van der Waals surface area contributed by atoms with Gasteiger partial charge in [0, 0.05) is 36.3 Å². The molecule has 4 heteroatoms. The van der Waals surface area contributed by atoms with Crippen LogP contribution in [-0.4, -0.2) is 33.2 Å². The van der Waals surface area contributed by atoms with Gasteiger partial charge in [0.05, 0.1) is 11.7 Å². The molecule has 0 aliphatic carbocycles. The maximum absolute atomic E-state index is 4.59. The molecule has 0 saturated carbocycles. The first-order valence-electron chi connectivity index (χ1n) is 8.36. The lowest BCUT2D eigenvalue weighted by Gasteiger charge is -2.32. The van der Waals surface area contributed by atoms with Gasteiger partial charge in [0.2, 0.25) is 0 Å². The van der Waals surface area contributed by atoms with Crippen LogP contribution < -0.4 is 0 Å². The number of piperidine rings is 1. The Balaban J connectivity index is 1.55. The number of fused-ring (bicyclic) bond motifs is 1. The van der Waals surface area contributed by atoms with Crippen LogP contribution in [-0.2, 0) is 6.54 Å². The van der Waals surface area contributed by atoms with E-state index in [9.17, 15) is 0 Å². The van der Waals surface area contributed by atoms with Crippen LogP contribution in [0.2, 0.25) is 0 Å². The first-order valence-corrected chi connectivity index (χ1v) is 8.36. The van der Waals surface area contributed by atoms with Crippen molar-refractivity contribution in [1.29, 1.82) is 0 Å². The van der Waals surface area contributed by atoms with E-state index in [1.54, 1.807) is 0 Å². The number of H-pyrrole nitrogens is 1. The van der Waals surface area contributed by atoms with Gasteiger partial charge in [-0.1, -0.05) is 24.3 Å². The first-order chi connectivity index (χ1) is 11.3. The summed E-state index contributed by atoms with van der Waals surface area (Å²) in [7, 11) is 0. The molecule has 1 atom stereocenters. The summed E-state index contributed by atoms with van der Waals surface area (Å²) < 4.78 is 0. The van der Waals surface area contributed by atoms with E-state index in [-0.39, 0.29) is 0 Å². The van der Waals surface area contributed by atoms with Crippen molar-refractivity contribution in [3.05, 3.63) is 59.5 Å². The van der Waals surface area contributed by atoms with Crippen LogP contribution >= 0.6 is 0 Å². The lowest BCUT2D eigenvalue weighted by molar-refractivity contribution is 0.199. The summed E-state index contributed by atoms with van der Waals surface area (Å²) in [6.07, 6.45) is 6.30. The molecule has 3 aromatic rings. The van der Waals surface area contributed by atoms with E-state index in [4.69, 9.17) is 0 Å². The molecular weight excluding hydrogens is 284 g/mol. The summed E-state index contributed by atoms with van der Waals surface area (Å²) >= 11 is 0. The molecule has 1 aliphatic rings. The fourth-order valence-electron chi connectivity index (χ4n) is 3.74. The van der Waals surface area contributed by atoms with Gasteiger partial charge in [-0.3, -0.25) is 15.0 Å².